The lowest BCUT2D eigenvalue weighted by Gasteiger charge is -2.08. The molecule has 0 unspecified atom stereocenters. The third kappa shape index (κ3) is 3.42. The molecule has 2 N–H and O–H groups in total. The number of methoxy groups -OCH3 is 1. The molecule has 0 aliphatic heterocycles. The fraction of sp³-hybridized carbons (Fsp3) is 0.133. The fourth-order valence-electron chi connectivity index (χ4n) is 1.74. The minimum atomic E-state index is -0.374. The average Bonchev–Trinajstić information content (AvgIpc) is 2.48. The van der Waals surface area contributed by atoms with Crippen LogP contribution in [0.4, 0.5) is 5.69 Å². The molecule has 0 saturated heterocycles. The quantitative estimate of drug-likeness (QED) is 0.847. The van der Waals surface area contributed by atoms with Gasteiger partial charge in [0.2, 0.25) is 0 Å². The molecular weight excluding hydrogens is 278 g/mol. The van der Waals surface area contributed by atoms with E-state index in [0.29, 0.717) is 17.1 Å². The van der Waals surface area contributed by atoms with Crippen molar-refractivity contribution in [1.82, 2.24) is 0 Å². The highest BCUT2D eigenvalue weighted by Crippen LogP contribution is 2.24. The van der Waals surface area contributed by atoms with Crippen LogP contribution in [0, 0.1) is 0 Å². The van der Waals surface area contributed by atoms with E-state index in [2.05, 4.69) is 10.1 Å². The summed E-state index contributed by atoms with van der Waals surface area (Å²) in [7, 11) is 1.35. The fourth-order valence-corrected chi connectivity index (χ4v) is 1.94. The molecule has 0 amide bonds. The molecule has 20 heavy (non-hydrogen) atoms. The van der Waals surface area contributed by atoms with Crippen LogP contribution in [0.2, 0.25) is 5.02 Å². The first-order valence-corrected chi connectivity index (χ1v) is 6.37. The zero-order valence-corrected chi connectivity index (χ0v) is 11.6. The van der Waals surface area contributed by atoms with Gasteiger partial charge in [-0.2, -0.15) is 0 Å². The molecule has 2 aromatic carbocycles. The van der Waals surface area contributed by atoms with Crippen molar-refractivity contribution in [3.63, 3.8) is 0 Å². The van der Waals surface area contributed by atoms with Crippen molar-refractivity contribution in [2.24, 2.45) is 0 Å². The molecule has 0 radical (unpaired) electrons. The third-order valence-electron chi connectivity index (χ3n) is 2.79. The molecule has 0 saturated carbocycles. The zero-order valence-electron chi connectivity index (χ0n) is 10.9. The lowest BCUT2D eigenvalue weighted by molar-refractivity contribution is 0.0601. The molecule has 5 heteroatoms. The molecule has 0 heterocycles. The van der Waals surface area contributed by atoms with Gasteiger partial charge in [0.1, 0.15) is 5.75 Å². The topological polar surface area (TPSA) is 58.6 Å². The Morgan fingerprint density at radius 3 is 2.80 bits per heavy atom. The van der Waals surface area contributed by atoms with E-state index in [-0.39, 0.29) is 11.7 Å². The number of phenols is 1. The summed E-state index contributed by atoms with van der Waals surface area (Å²) in [6, 6.07) is 12.0. The maximum atomic E-state index is 11.4. The van der Waals surface area contributed by atoms with Crippen molar-refractivity contribution in [3.8, 4) is 5.75 Å². The van der Waals surface area contributed by atoms with Gasteiger partial charge in [-0.25, -0.2) is 4.79 Å². The van der Waals surface area contributed by atoms with Crippen LogP contribution in [0.25, 0.3) is 0 Å². The largest absolute Gasteiger partial charge is 0.506 e. The van der Waals surface area contributed by atoms with E-state index in [4.69, 9.17) is 11.6 Å². The molecule has 0 aliphatic carbocycles. The predicted molar refractivity (Wildman–Crippen MR) is 78.2 cm³/mol. The lowest BCUT2D eigenvalue weighted by Crippen LogP contribution is -2.03. The van der Waals surface area contributed by atoms with Crippen LogP contribution < -0.4 is 5.32 Å². The number of hydrogen-bond acceptors (Lipinski definition) is 4. The van der Waals surface area contributed by atoms with Crippen LogP contribution in [-0.2, 0) is 11.3 Å². The minimum absolute atomic E-state index is 0.0584. The molecular formula is C15H14ClNO3. The Labute approximate surface area is 122 Å². The average molecular weight is 292 g/mol. The minimum Gasteiger partial charge on any atom is -0.506 e. The number of rotatable bonds is 4. The van der Waals surface area contributed by atoms with E-state index in [0.717, 1.165) is 11.3 Å². The molecule has 0 atom stereocenters. The van der Waals surface area contributed by atoms with Crippen LogP contribution in [0.3, 0.4) is 0 Å². The van der Waals surface area contributed by atoms with E-state index in [1.54, 1.807) is 36.4 Å². The Morgan fingerprint density at radius 2 is 2.10 bits per heavy atom. The van der Waals surface area contributed by atoms with Crippen molar-refractivity contribution >= 4 is 23.3 Å². The highest BCUT2D eigenvalue weighted by molar-refractivity contribution is 6.32. The van der Waals surface area contributed by atoms with Gasteiger partial charge in [0.25, 0.3) is 0 Å². The molecule has 0 bridgehead atoms. The maximum Gasteiger partial charge on any atom is 0.337 e. The first-order chi connectivity index (χ1) is 9.60. The van der Waals surface area contributed by atoms with Gasteiger partial charge in [-0.15, -0.1) is 0 Å². The zero-order chi connectivity index (χ0) is 14.5. The number of carbonyl (C=O) groups excluding carboxylic acids is 1. The number of anilines is 1. The second-order valence-corrected chi connectivity index (χ2v) is 4.62. The summed E-state index contributed by atoms with van der Waals surface area (Å²) in [6.07, 6.45) is 0. The van der Waals surface area contributed by atoms with Gasteiger partial charge in [-0.3, -0.25) is 0 Å². The summed E-state index contributed by atoms with van der Waals surface area (Å²) in [5.41, 5.74) is 2.22. The Kier molecular flexibility index (Phi) is 4.48. The molecule has 2 aromatic rings. The second-order valence-electron chi connectivity index (χ2n) is 4.21. The summed E-state index contributed by atoms with van der Waals surface area (Å²) < 4.78 is 4.67. The van der Waals surface area contributed by atoms with Crippen molar-refractivity contribution in [2.45, 2.75) is 6.54 Å². The molecule has 104 valence electrons. The first kappa shape index (κ1) is 14.2. The summed E-state index contributed by atoms with van der Waals surface area (Å²) in [6.45, 7) is 0.532. The third-order valence-corrected chi connectivity index (χ3v) is 3.10. The van der Waals surface area contributed by atoms with E-state index in [1.165, 1.54) is 7.11 Å². The number of nitrogens with one attached hydrogen (secondary N) is 1. The highest BCUT2D eigenvalue weighted by Gasteiger charge is 2.05. The van der Waals surface area contributed by atoms with Gasteiger partial charge in [0, 0.05) is 12.2 Å². The molecule has 2 rings (SSSR count). The predicted octanol–water partition coefficient (Wildman–Crippen LogP) is 3.44. The lowest BCUT2D eigenvalue weighted by atomic mass is 10.2. The van der Waals surface area contributed by atoms with E-state index < -0.39 is 0 Å². The number of aromatic hydroxyl groups is 1. The van der Waals surface area contributed by atoms with Gasteiger partial charge in [-0.05, 0) is 35.9 Å². The van der Waals surface area contributed by atoms with Gasteiger partial charge < -0.3 is 15.2 Å². The summed E-state index contributed by atoms with van der Waals surface area (Å²) in [5.74, 6) is -0.315. The summed E-state index contributed by atoms with van der Waals surface area (Å²) in [5, 5.41) is 12.8. The number of phenolic OH excluding ortho intramolecular Hbond substituents is 1. The monoisotopic (exact) mass is 291 g/mol. The summed E-state index contributed by atoms with van der Waals surface area (Å²) >= 11 is 5.84. The van der Waals surface area contributed by atoms with Gasteiger partial charge in [0.05, 0.1) is 17.7 Å². The van der Waals surface area contributed by atoms with Crippen LogP contribution >= 0.6 is 11.6 Å². The maximum absolute atomic E-state index is 11.4. The molecule has 0 aromatic heterocycles. The smallest absolute Gasteiger partial charge is 0.337 e. The SMILES string of the molecule is COC(=O)c1cccc(NCc2ccc(O)c(Cl)c2)c1. The number of benzene rings is 2. The Bertz CT molecular complexity index is 628. The highest BCUT2D eigenvalue weighted by atomic mass is 35.5. The van der Waals surface area contributed by atoms with Crippen molar-refractivity contribution in [3.05, 3.63) is 58.6 Å². The number of ether oxygens (including phenoxy) is 1. The van der Waals surface area contributed by atoms with Crippen LogP contribution in [0.1, 0.15) is 15.9 Å². The van der Waals surface area contributed by atoms with Crippen molar-refractivity contribution in [2.75, 3.05) is 12.4 Å². The van der Waals surface area contributed by atoms with Crippen molar-refractivity contribution in [1.29, 1.82) is 0 Å². The van der Waals surface area contributed by atoms with Gasteiger partial charge in [-0.1, -0.05) is 23.7 Å². The number of halogens is 1. The molecule has 0 fully saturated rings. The molecule has 0 spiro atoms. The van der Waals surface area contributed by atoms with Crippen LogP contribution in [0.15, 0.2) is 42.5 Å². The van der Waals surface area contributed by atoms with E-state index >= 15 is 0 Å². The van der Waals surface area contributed by atoms with Gasteiger partial charge >= 0.3 is 5.97 Å². The van der Waals surface area contributed by atoms with Gasteiger partial charge in [0.15, 0.2) is 0 Å². The Hall–Kier alpha value is -2.20. The Morgan fingerprint density at radius 1 is 1.30 bits per heavy atom. The van der Waals surface area contributed by atoms with Crippen LogP contribution in [-0.4, -0.2) is 18.2 Å². The number of hydrogen-bond donors (Lipinski definition) is 2. The Balaban J connectivity index is 2.07. The number of carbonyl (C=O) groups is 1. The first-order valence-electron chi connectivity index (χ1n) is 6.00. The molecule has 4 nitrogen and oxygen atoms in total. The normalized spacial score (nSPS) is 10.1. The van der Waals surface area contributed by atoms with Crippen molar-refractivity contribution < 1.29 is 14.6 Å². The van der Waals surface area contributed by atoms with E-state index in [1.807, 2.05) is 6.07 Å². The van der Waals surface area contributed by atoms with E-state index in [9.17, 15) is 9.90 Å². The van der Waals surface area contributed by atoms with Crippen LogP contribution in [0.5, 0.6) is 5.75 Å². The summed E-state index contributed by atoms with van der Waals surface area (Å²) in [4.78, 5) is 11.4. The number of esters is 1. The second kappa shape index (κ2) is 6.30. The molecule has 0 aliphatic rings. The standard InChI is InChI=1S/C15H14ClNO3/c1-20-15(19)11-3-2-4-12(8-11)17-9-10-5-6-14(18)13(16)7-10/h2-8,17-18H,9H2,1H3.